The standard InChI is InChI=1S/C21H18N2O4S/c1-15-3-10-20(11-4-15)28(24,25)23-21-12-9-19(13-16(21)14-22)27-18-7-5-17(26-2)6-8-18/h3-13,23H,1-2H3. The molecule has 1 N–H and O–H groups in total. The molecular formula is C21H18N2O4S. The van der Waals surface area contributed by atoms with Gasteiger partial charge in [0.25, 0.3) is 10.0 Å². The summed E-state index contributed by atoms with van der Waals surface area (Å²) >= 11 is 0. The molecule has 0 radical (unpaired) electrons. The van der Waals surface area contributed by atoms with E-state index in [0.717, 1.165) is 5.56 Å². The minimum absolute atomic E-state index is 0.126. The Kier molecular flexibility index (Phi) is 5.52. The van der Waals surface area contributed by atoms with E-state index in [4.69, 9.17) is 9.47 Å². The zero-order valence-corrected chi connectivity index (χ0v) is 16.2. The number of rotatable bonds is 6. The highest BCUT2D eigenvalue weighted by molar-refractivity contribution is 7.92. The SMILES string of the molecule is COc1ccc(Oc2ccc(NS(=O)(=O)c3ccc(C)cc3)c(C#N)c2)cc1. The third kappa shape index (κ3) is 4.42. The number of ether oxygens (including phenoxy) is 2. The second kappa shape index (κ2) is 8.03. The van der Waals surface area contributed by atoms with Gasteiger partial charge in [-0.15, -0.1) is 0 Å². The molecule has 0 bridgehead atoms. The number of hydrogen-bond donors (Lipinski definition) is 1. The van der Waals surface area contributed by atoms with E-state index in [1.165, 1.54) is 24.3 Å². The van der Waals surface area contributed by atoms with Crippen molar-refractivity contribution in [3.8, 4) is 23.3 Å². The van der Waals surface area contributed by atoms with E-state index in [2.05, 4.69) is 4.72 Å². The van der Waals surface area contributed by atoms with Crippen molar-refractivity contribution in [3.63, 3.8) is 0 Å². The molecule has 28 heavy (non-hydrogen) atoms. The van der Waals surface area contributed by atoms with Gasteiger partial charge in [-0.3, -0.25) is 4.72 Å². The highest BCUT2D eigenvalue weighted by atomic mass is 32.2. The quantitative estimate of drug-likeness (QED) is 0.666. The number of anilines is 1. The molecule has 0 spiro atoms. The van der Waals surface area contributed by atoms with Crippen molar-refractivity contribution in [3.05, 3.63) is 77.9 Å². The van der Waals surface area contributed by atoms with E-state index >= 15 is 0 Å². The van der Waals surface area contributed by atoms with E-state index in [-0.39, 0.29) is 16.1 Å². The Bertz CT molecular complexity index is 1120. The molecule has 0 heterocycles. The number of nitrogens with zero attached hydrogens (tertiary/aromatic N) is 1. The zero-order valence-electron chi connectivity index (χ0n) is 15.3. The second-order valence-corrected chi connectivity index (χ2v) is 7.70. The van der Waals surface area contributed by atoms with Crippen LogP contribution in [0.5, 0.6) is 17.2 Å². The number of benzene rings is 3. The number of nitriles is 1. The van der Waals surface area contributed by atoms with Crippen molar-refractivity contribution in [1.29, 1.82) is 5.26 Å². The average Bonchev–Trinajstić information content (AvgIpc) is 2.70. The van der Waals surface area contributed by atoms with Gasteiger partial charge in [0.15, 0.2) is 0 Å². The minimum Gasteiger partial charge on any atom is -0.497 e. The van der Waals surface area contributed by atoms with Crippen molar-refractivity contribution in [2.24, 2.45) is 0 Å². The summed E-state index contributed by atoms with van der Waals surface area (Å²) in [5.74, 6) is 1.68. The van der Waals surface area contributed by atoms with Crippen LogP contribution in [0.4, 0.5) is 5.69 Å². The molecule has 7 heteroatoms. The first-order valence-corrected chi connectivity index (χ1v) is 9.85. The van der Waals surface area contributed by atoms with Crippen LogP contribution in [0.1, 0.15) is 11.1 Å². The molecule has 3 aromatic rings. The molecule has 0 amide bonds. The smallest absolute Gasteiger partial charge is 0.261 e. The van der Waals surface area contributed by atoms with E-state index < -0.39 is 10.0 Å². The van der Waals surface area contributed by atoms with Crippen LogP contribution >= 0.6 is 0 Å². The molecule has 0 aliphatic heterocycles. The molecule has 0 saturated heterocycles. The Morgan fingerprint density at radius 1 is 0.893 bits per heavy atom. The summed E-state index contributed by atoms with van der Waals surface area (Å²) in [4.78, 5) is 0.126. The van der Waals surface area contributed by atoms with Crippen LogP contribution in [0, 0.1) is 18.3 Å². The molecule has 142 valence electrons. The van der Waals surface area contributed by atoms with Crippen LogP contribution < -0.4 is 14.2 Å². The lowest BCUT2D eigenvalue weighted by atomic mass is 10.2. The first kappa shape index (κ1) is 19.3. The lowest BCUT2D eigenvalue weighted by Gasteiger charge is -2.12. The third-order valence-corrected chi connectivity index (χ3v) is 5.36. The van der Waals surface area contributed by atoms with Crippen LogP contribution in [-0.2, 0) is 10.0 Å². The van der Waals surface area contributed by atoms with Gasteiger partial charge < -0.3 is 9.47 Å². The number of nitrogens with one attached hydrogen (secondary N) is 1. The lowest BCUT2D eigenvalue weighted by Crippen LogP contribution is -2.13. The number of aryl methyl sites for hydroxylation is 1. The molecule has 0 fully saturated rings. The second-order valence-electron chi connectivity index (χ2n) is 6.02. The van der Waals surface area contributed by atoms with E-state index in [1.54, 1.807) is 49.6 Å². The minimum atomic E-state index is -3.80. The first-order chi connectivity index (χ1) is 13.4. The first-order valence-electron chi connectivity index (χ1n) is 8.37. The van der Waals surface area contributed by atoms with E-state index in [0.29, 0.717) is 17.2 Å². The van der Waals surface area contributed by atoms with Gasteiger partial charge in [0, 0.05) is 6.07 Å². The summed E-state index contributed by atoms with van der Waals surface area (Å²) in [6.07, 6.45) is 0. The molecule has 0 atom stereocenters. The van der Waals surface area contributed by atoms with Gasteiger partial charge in [-0.2, -0.15) is 5.26 Å². The predicted octanol–water partition coefficient (Wildman–Crippen LogP) is 4.47. The zero-order chi connectivity index (χ0) is 20.1. The Morgan fingerprint density at radius 3 is 2.11 bits per heavy atom. The van der Waals surface area contributed by atoms with Crippen LogP contribution in [0.15, 0.2) is 71.6 Å². The molecule has 0 unspecified atom stereocenters. The summed E-state index contributed by atoms with van der Waals surface area (Å²) in [5.41, 5.74) is 1.29. The molecule has 0 saturated carbocycles. The maximum absolute atomic E-state index is 12.6. The Balaban J connectivity index is 1.83. The van der Waals surface area contributed by atoms with Gasteiger partial charge in [-0.1, -0.05) is 17.7 Å². The Hall–Kier alpha value is -3.50. The van der Waals surface area contributed by atoms with Gasteiger partial charge in [-0.25, -0.2) is 8.42 Å². The summed E-state index contributed by atoms with van der Waals surface area (Å²) in [7, 11) is -2.22. The molecular weight excluding hydrogens is 376 g/mol. The van der Waals surface area contributed by atoms with Crippen molar-refractivity contribution >= 4 is 15.7 Å². The van der Waals surface area contributed by atoms with Gasteiger partial charge in [0.05, 0.1) is 23.3 Å². The van der Waals surface area contributed by atoms with Gasteiger partial charge in [0.1, 0.15) is 23.3 Å². The largest absolute Gasteiger partial charge is 0.497 e. The summed E-state index contributed by atoms with van der Waals surface area (Å²) in [6.45, 7) is 1.87. The highest BCUT2D eigenvalue weighted by Crippen LogP contribution is 2.28. The van der Waals surface area contributed by atoms with E-state index in [1.807, 2.05) is 13.0 Å². The molecule has 6 nitrogen and oxygen atoms in total. The van der Waals surface area contributed by atoms with Crippen molar-refractivity contribution in [1.82, 2.24) is 0 Å². The van der Waals surface area contributed by atoms with Gasteiger partial charge in [-0.05, 0) is 55.5 Å². The van der Waals surface area contributed by atoms with Crippen molar-refractivity contribution < 1.29 is 17.9 Å². The molecule has 0 aliphatic rings. The normalized spacial score (nSPS) is 10.8. The molecule has 3 rings (SSSR count). The third-order valence-electron chi connectivity index (χ3n) is 3.98. The van der Waals surface area contributed by atoms with E-state index in [9.17, 15) is 13.7 Å². The average molecular weight is 394 g/mol. The van der Waals surface area contributed by atoms with Gasteiger partial charge in [0.2, 0.25) is 0 Å². The summed E-state index contributed by atoms with van der Waals surface area (Å²) < 4.78 is 38.4. The topological polar surface area (TPSA) is 88.4 Å². The summed E-state index contributed by atoms with van der Waals surface area (Å²) in [5, 5.41) is 9.42. The molecule has 3 aromatic carbocycles. The maximum Gasteiger partial charge on any atom is 0.261 e. The fourth-order valence-electron chi connectivity index (χ4n) is 2.47. The maximum atomic E-state index is 12.6. The molecule has 0 aliphatic carbocycles. The van der Waals surface area contributed by atoms with Crippen LogP contribution in [0.25, 0.3) is 0 Å². The fraction of sp³-hybridized carbons (Fsp3) is 0.0952. The Morgan fingerprint density at radius 2 is 1.50 bits per heavy atom. The lowest BCUT2D eigenvalue weighted by molar-refractivity contribution is 0.413. The Labute approximate surface area is 164 Å². The van der Waals surface area contributed by atoms with Crippen molar-refractivity contribution in [2.45, 2.75) is 11.8 Å². The summed E-state index contributed by atoms with van der Waals surface area (Å²) in [6, 6.07) is 20.0. The number of sulfonamides is 1. The van der Waals surface area contributed by atoms with Gasteiger partial charge >= 0.3 is 0 Å². The number of methoxy groups -OCH3 is 1. The highest BCUT2D eigenvalue weighted by Gasteiger charge is 2.16. The van der Waals surface area contributed by atoms with Crippen LogP contribution in [0.3, 0.4) is 0 Å². The predicted molar refractivity (Wildman–Crippen MR) is 106 cm³/mol. The fourth-order valence-corrected chi connectivity index (χ4v) is 3.55. The number of hydrogen-bond acceptors (Lipinski definition) is 5. The van der Waals surface area contributed by atoms with Crippen LogP contribution in [0.2, 0.25) is 0 Å². The monoisotopic (exact) mass is 394 g/mol. The van der Waals surface area contributed by atoms with Crippen molar-refractivity contribution in [2.75, 3.05) is 11.8 Å². The molecule has 0 aromatic heterocycles. The van der Waals surface area contributed by atoms with Crippen LogP contribution in [-0.4, -0.2) is 15.5 Å².